The lowest BCUT2D eigenvalue weighted by Crippen LogP contribution is -2.18. The van der Waals surface area contributed by atoms with Crippen LogP contribution in [0, 0.1) is 0 Å². The van der Waals surface area contributed by atoms with Crippen LogP contribution in [0.3, 0.4) is 0 Å². The van der Waals surface area contributed by atoms with Gasteiger partial charge in [0, 0.05) is 6.04 Å². The normalized spacial score (nSPS) is 12.9. The zero-order valence-electron chi connectivity index (χ0n) is 7.17. The van der Waals surface area contributed by atoms with Crippen LogP contribution in [0.1, 0.15) is 12.5 Å². The maximum atomic E-state index is 5.66. The summed E-state index contributed by atoms with van der Waals surface area (Å²) in [7, 11) is 2.09. The quantitative estimate of drug-likeness (QED) is 0.577. The second-order valence-electron chi connectivity index (χ2n) is 3.17. The summed E-state index contributed by atoms with van der Waals surface area (Å²) in [6.45, 7) is 2.03. The van der Waals surface area contributed by atoms with E-state index in [0.717, 1.165) is 6.42 Å². The van der Waals surface area contributed by atoms with Gasteiger partial charge < -0.3 is 5.73 Å². The van der Waals surface area contributed by atoms with Gasteiger partial charge in [0.1, 0.15) is 7.85 Å². The first-order chi connectivity index (χ1) is 5.18. The molecule has 0 aliphatic carbocycles. The van der Waals surface area contributed by atoms with E-state index in [-0.39, 0.29) is 6.04 Å². The monoisotopic (exact) mass is 147 g/mol. The minimum Gasteiger partial charge on any atom is -0.328 e. The maximum Gasteiger partial charge on any atom is 0.139 e. The van der Waals surface area contributed by atoms with Gasteiger partial charge in [-0.25, -0.2) is 0 Å². The molecule has 1 rings (SSSR count). The highest BCUT2D eigenvalue weighted by Crippen LogP contribution is 1.99. The standard InChI is InChI=1S/C9H14BN/c1-7(11)6-8-2-4-9(10)5-3-8/h2-5,7H,6,10-11H2,1H3. The van der Waals surface area contributed by atoms with E-state index in [0.29, 0.717) is 0 Å². The Morgan fingerprint density at radius 3 is 2.36 bits per heavy atom. The highest BCUT2D eigenvalue weighted by molar-refractivity contribution is 6.32. The third kappa shape index (κ3) is 2.77. The molecule has 11 heavy (non-hydrogen) atoms. The molecular formula is C9H14BN. The maximum absolute atomic E-state index is 5.66. The van der Waals surface area contributed by atoms with Gasteiger partial charge in [-0.15, -0.1) is 0 Å². The van der Waals surface area contributed by atoms with Crippen LogP contribution >= 0.6 is 0 Å². The van der Waals surface area contributed by atoms with E-state index in [9.17, 15) is 0 Å². The molecule has 0 fully saturated rings. The van der Waals surface area contributed by atoms with Gasteiger partial charge in [0.25, 0.3) is 0 Å². The molecule has 2 heteroatoms. The minimum absolute atomic E-state index is 0.262. The Balaban J connectivity index is 2.66. The van der Waals surface area contributed by atoms with Crippen LogP contribution in [0.25, 0.3) is 0 Å². The molecule has 0 saturated carbocycles. The second-order valence-corrected chi connectivity index (χ2v) is 3.17. The molecule has 0 amide bonds. The van der Waals surface area contributed by atoms with Gasteiger partial charge in [-0.05, 0) is 18.9 Å². The van der Waals surface area contributed by atoms with Crippen LogP contribution in [-0.2, 0) is 6.42 Å². The van der Waals surface area contributed by atoms with Crippen molar-refractivity contribution in [3.05, 3.63) is 29.8 Å². The van der Waals surface area contributed by atoms with E-state index >= 15 is 0 Å². The molecule has 0 spiro atoms. The zero-order valence-corrected chi connectivity index (χ0v) is 7.17. The summed E-state index contributed by atoms with van der Waals surface area (Å²) in [5.41, 5.74) is 8.29. The summed E-state index contributed by atoms with van der Waals surface area (Å²) in [5.74, 6) is 0. The lowest BCUT2D eigenvalue weighted by Gasteiger charge is -2.04. The number of rotatable bonds is 2. The van der Waals surface area contributed by atoms with Crippen LogP contribution in [0.15, 0.2) is 24.3 Å². The Bertz CT molecular complexity index is 216. The largest absolute Gasteiger partial charge is 0.328 e. The number of benzene rings is 1. The molecule has 0 aromatic heterocycles. The molecule has 2 N–H and O–H groups in total. The van der Waals surface area contributed by atoms with E-state index in [2.05, 4.69) is 32.1 Å². The zero-order chi connectivity index (χ0) is 8.27. The van der Waals surface area contributed by atoms with Crippen molar-refractivity contribution in [3.63, 3.8) is 0 Å². The number of nitrogens with two attached hydrogens (primary N) is 1. The molecule has 0 bridgehead atoms. The van der Waals surface area contributed by atoms with Crippen molar-refractivity contribution in [1.29, 1.82) is 0 Å². The third-order valence-electron chi connectivity index (χ3n) is 1.68. The van der Waals surface area contributed by atoms with E-state index in [1.807, 2.05) is 6.92 Å². The van der Waals surface area contributed by atoms with Gasteiger partial charge >= 0.3 is 0 Å². The molecule has 0 aliphatic rings. The topological polar surface area (TPSA) is 26.0 Å². The Hall–Kier alpha value is -0.755. The highest BCUT2D eigenvalue weighted by Gasteiger charge is 1.95. The molecule has 1 aromatic carbocycles. The second kappa shape index (κ2) is 3.58. The van der Waals surface area contributed by atoms with E-state index in [1.54, 1.807) is 0 Å². The fraction of sp³-hybridized carbons (Fsp3) is 0.333. The van der Waals surface area contributed by atoms with E-state index < -0.39 is 0 Å². The Labute approximate surface area is 69.0 Å². The molecule has 1 aromatic rings. The van der Waals surface area contributed by atoms with Gasteiger partial charge in [0.05, 0.1) is 0 Å². The van der Waals surface area contributed by atoms with Crippen molar-refractivity contribution in [1.82, 2.24) is 0 Å². The summed E-state index contributed by atoms with van der Waals surface area (Å²) in [6, 6.07) is 8.78. The Morgan fingerprint density at radius 2 is 1.91 bits per heavy atom. The SMILES string of the molecule is Bc1ccc(CC(C)N)cc1. The highest BCUT2D eigenvalue weighted by atomic mass is 14.6. The number of hydrogen-bond donors (Lipinski definition) is 1. The van der Waals surface area contributed by atoms with Crippen LogP contribution in [0.5, 0.6) is 0 Å². The summed E-state index contributed by atoms with van der Waals surface area (Å²) in [6.07, 6.45) is 0.972. The summed E-state index contributed by atoms with van der Waals surface area (Å²) in [5, 5.41) is 0. The van der Waals surface area contributed by atoms with Gasteiger partial charge in [-0.1, -0.05) is 29.7 Å². The molecule has 1 nitrogen and oxygen atoms in total. The molecule has 0 aliphatic heterocycles. The predicted octanol–water partition coefficient (Wildman–Crippen LogP) is -0.165. The molecule has 0 radical (unpaired) electrons. The van der Waals surface area contributed by atoms with Crippen molar-refractivity contribution in [2.45, 2.75) is 19.4 Å². The number of hydrogen-bond acceptors (Lipinski definition) is 1. The smallest absolute Gasteiger partial charge is 0.139 e. The minimum atomic E-state index is 0.262. The molecular weight excluding hydrogens is 133 g/mol. The molecule has 1 unspecified atom stereocenters. The predicted molar refractivity (Wildman–Crippen MR) is 52.0 cm³/mol. The van der Waals surface area contributed by atoms with Gasteiger partial charge in [0.15, 0.2) is 0 Å². The van der Waals surface area contributed by atoms with Crippen molar-refractivity contribution in [2.24, 2.45) is 5.73 Å². The summed E-state index contributed by atoms with van der Waals surface area (Å²) < 4.78 is 0. The fourth-order valence-corrected chi connectivity index (χ4v) is 1.10. The van der Waals surface area contributed by atoms with Gasteiger partial charge in [-0.2, -0.15) is 0 Å². The molecule has 0 saturated heterocycles. The molecule has 0 heterocycles. The van der Waals surface area contributed by atoms with E-state index in [1.165, 1.54) is 11.0 Å². The van der Waals surface area contributed by atoms with Crippen molar-refractivity contribution in [3.8, 4) is 0 Å². The molecule has 58 valence electrons. The third-order valence-corrected chi connectivity index (χ3v) is 1.68. The first-order valence-electron chi connectivity index (χ1n) is 3.99. The van der Waals surface area contributed by atoms with Crippen molar-refractivity contribution >= 4 is 13.3 Å². The van der Waals surface area contributed by atoms with Crippen molar-refractivity contribution in [2.75, 3.05) is 0 Å². The lowest BCUT2D eigenvalue weighted by molar-refractivity contribution is 0.738. The average Bonchev–Trinajstić information content (AvgIpc) is 1.93. The van der Waals surface area contributed by atoms with Crippen LogP contribution in [-0.4, -0.2) is 13.9 Å². The van der Waals surface area contributed by atoms with Crippen molar-refractivity contribution < 1.29 is 0 Å². The first kappa shape index (κ1) is 8.34. The van der Waals surface area contributed by atoms with Crippen LogP contribution < -0.4 is 11.2 Å². The first-order valence-corrected chi connectivity index (χ1v) is 3.99. The Kier molecular flexibility index (Phi) is 2.72. The Morgan fingerprint density at radius 1 is 1.36 bits per heavy atom. The molecule has 1 atom stereocenters. The lowest BCUT2D eigenvalue weighted by atomic mass is 9.94. The van der Waals surface area contributed by atoms with Gasteiger partial charge in [-0.3, -0.25) is 0 Å². The van der Waals surface area contributed by atoms with E-state index in [4.69, 9.17) is 5.73 Å². The van der Waals surface area contributed by atoms with Crippen LogP contribution in [0.2, 0.25) is 0 Å². The summed E-state index contributed by atoms with van der Waals surface area (Å²) in [4.78, 5) is 0. The average molecular weight is 147 g/mol. The van der Waals surface area contributed by atoms with Gasteiger partial charge in [0.2, 0.25) is 0 Å². The van der Waals surface area contributed by atoms with Crippen LogP contribution in [0.4, 0.5) is 0 Å². The summed E-state index contributed by atoms with van der Waals surface area (Å²) >= 11 is 0. The fourth-order valence-electron chi connectivity index (χ4n) is 1.10.